The second kappa shape index (κ2) is 30.4. The first kappa shape index (κ1) is 39.4. The van der Waals surface area contributed by atoms with Crippen molar-refractivity contribution in [3.05, 3.63) is 24.3 Å². The lowest BCUT2D eigenvalue weighted by molar-refractivity contribution is -0.118. The van der Waals surface area contributed by atoms with E-state index in [-0.39, 0.29) is 23.9 Å². The molecule has 1 aliphatic rings. The number of amides is 2. The summed E-state index contributed by atoms with van der Waals surface area (Å²) in [5.74, 6) is -0.106. The predicted molar refractivity (Wildman–Crippen MR) is 181 cm³/mol. The van der Waals surface area contributed by atoms with Crippen molar-refractivity contribution >= 4 is 11.8 Å². The topological polar surface area (TPSA) is 98.7 Å². The van der Waals surface area contributed by atoms with E-state index in [0.717, 1.165) is 44.9 Å². The summed E-state index contributed by atoms with van der Waals surface area (Å²) in [7, 11) is 0. The standard InChI is InChI=1S/C37H68N2O4/c40-31-27-23-19-15-11-7-3-1-5-9-13-17-21-25-29-36(42)38-34-33-35(34)39-37(43)30-26-22-18-14-10-6-2-4-8-12-16-20-24-28-32-41/h25-26,29-30,34-35,40-41H,1-24,27-28,31-33H2,(H,38,42)(H,39,43)/t34-,35+. The maximum absolute atomic E-state index is 12.1. The molecule has 1 aliphatic carbocycles. The molecule has 0 unspecified atom stereocenters. The number of carbonyl (C=O) groups is 2. The van der Waals surface area contributed by atoms with E-state index in [2.05, 4.69) is 10.6 Å². The zero-order chi connectivity index (χ0) is 31.1. The summed E-state index contributed by atoms with van der Waals surface area (Å²) < 4.78 is 0. The molecule has 4 N–H and O–H groups in total. The average molecular weight is 605 g/mol. The van der Waals surface area contributed by atoms with Crippen LogP contribution in [0.15, 0.2) is 24.3 Å². The highest BCUT2D eigenvalue weighted by molar-refractivity contribution is 5.89. The number of allylic oxidation sites excluding steroid dienone is 2. The molecule has 2 amide bonds. The van der Waals surface area contributed by atoms with Gasteiger partial charge in [0.2, 0.25) is 11.8 Å². The lowest BCUT2D eigenvalue weighted by atomic mass is 10.0. The van der Waals surface area contributed by atoms with Crippen LogP contribution in [0.4, 0.5) is 0 Å². The summed E-state index contributed by atoms with van der Waals surface area (Å²) in [5, 5.41) is 23.6. The van der Waals surface area contributed by atoms with Crippen molar-refractivity contribution in [1.82, 2.24) is 10.6 Å². The molecule has 0 aromatic rings. The Morgan fingerprint density at radius 3 is 0.977 bits per heavy atom. The maximum Gasteiger partial charge on any atom is 0.243 e. The summed E-state index contributed by atoms with van der Waals surface area (Å²) in [6, 6.07) is 0.114. The molecule has 0 bridgehead atoms. The van der Waals surface area contributed by atoms with Crippen LogP contribution < -0.4 is 10.6 Å². The van der Waals surface area contributed by atoms with Gasteiger partial charge < -0.3 is 20.8 Å². The minimum Gasteiger partial charge on any atom is -0.396 e. The number of unbranched alkanes of at least 4 members (excludes halogenated alkanes) is 24. The van der Waals surface area contributed by atoms with Crippen molar-refractivity contribution in [2.45, 2.75) is 185 Å². The molecule has 1 saturated carbocycles. The molecule has 0 aliphatic heterocycles. The number of carbonyl (C=O) groups excluding carboxylic acids is 2. The SMILES string of the molecule is O=C(C=CCCCCCCCCCCCCCCO)N[C@H]1C[C@H]1NC(=O)C=CCCCCCCCCCCCCCCO. The van der Waals surface area contributed by atoms with Crippen LogP contribution >= 0.6 is 0 Å². The lowest BCUT2D eigenvalue weighted by Crippen LogP contribution is -2.33. The molecule has 6 nitrogen and oxygen atoms in total. The predicted octanol–water partition coefficient (Wildman–Crippen LogP) is 8.60. The third kappa shape index (κ3) is 27.6. The van der Waals surface area contributed by atoms with E-state index in [1.807, 2.05) is 12.2 Å². The van der Waals surface area contributed by atoms with Crippen molar-refractivity contribution < 1.29 is 19.8 Å². The van der Waals surface area contributed by atoms with E-state index in [1.165, 1.54) is 128 Å². The van der Waals surface area contributed by atoms with Crippen LogP contribution in [0.25, 0.3) is 0 Å². The fourth-order valence-corrected chi connectivity index (χ4v) is 5.64. The van der Waals surface area contributed by atoms with Crippen LogP contribution in [0.1, 0.15) is 173 Å². The van der Waals surface area contributed by atoms with Crippen molar-refractivity contribution in [3.8, 4) is 0 Å². The Bertz CT molecular complexity index is 651. The fourth-order valence-electron chi connectivity index (χ4n) is 5.64. The number of aliphatic hydroxyl groups is 2. The van der Waals surface area contributed by atoms with Gasteiger partial charge in [0.05, 0.1) is 12.1 Å². The summed E-state index contributed by atoms with van der Waals surface area (Å²) in [5.41, 5.74) is 0. The van der Waals surface area contributed by atoms with Gasteiger partial charge in [0, 0.05) is 13.2 Å². The monoisotopic (exact) mass is 605 g/mol. The van der Waals surface area contributed by atoms with Gasteiger partial charge in [-0.25, -0.2) is 0 Å². The molecule has 0 aromatic carbocycles. The Balaban J connectivity index is 1.86. The van der Waals surface area contributed by atoms with Crippen molar-refractivity contribution in [2.24, 2.45) is 0 Å². The molecule has 1 fully saturated rings. The molecule has 43 heavy (non-hydrogen) atoms. The van der Waals surface area contributed by atoms with E-state index in [1.54, 1.807) is 12.2 Å². The molecule has 0 spiro atoms. The molecule has 2 atom stereocenters. The Hall–Kier alpha value is -1.66. The fraction of sp³-hybridized carbons (Fsp3) is 0.838. The van der Waals surface area contributed by atoms with Crippen molar-refractivity contribution in [2.75, 3.05) is 13.2 Å². The van der Waals surface area contributed by atoms with Crippen molar-refractivity contribution in [3.63, 3.8) is 0 Å². The van der Waals surface area contributed by atoms with Gasteiger partial charge in [-0.2, -0.15) is 0 Å². The average Bonchev–Trinajstić information content (AvgIpc) is 3.73. The largest absolute Gasteiger partial charge is 0.396 e. The second-order valence-electron chi connectivity index (χ2n) is 12.8. The first-order chi connectivity index (χ1) is 21.2. The minimum atomic E-state index is -0.0529. The van der Waals surface area contributed by atoms with E-state index in [9.17, 15) is 9.59 Å². The van der Waals surface area contributed by atoms with Gasteiger partial charge in [-0.15, -0.1) is 0 Å². The first-order valence-electron chi connectivity index (χ1n) is 18.3. The van der Waals surface area contributed by atoms with E-state index < -0.39 is 0 Å². The number of hydrogen-bond donors (Lipinski definition) is 4. The third-order valence-electron chi connectivity index (χ3n) is 8.54. The van der Waals surface area contributed by atoms with Gasteiger partial charge >= 0.3 is 0 Å². The van der Waals surface area contributed by atoms with Crippen molar-refractivity contribution in [1.29, 1.82) is 0 Å². The lowest BCUT2D eigenvalue weighted by Gasteiger charge is -2.03. The minimum absolute atomic E-state index is 0.0529. The molecule has 0 aromatic heterocycles. The Morgan fingerprint density at radius 1 is 0.442 bits per heavy atom. The summed E-state index contributed by atoms with van der Waals surface area (Å²) in [4.78, 5) is 24.3. The normalized spacial score (nSPS) is 16.3. The zero-order valence-corrected chi connectivity index (χ0v) is 27.7. The molecular weight excluding hydrogens is 536 g/mol. The van der Waals surface area contributed by atoms with Gasteiger partial charge in [0.1, 0.15) is 0 Å². The van der Waals surface area contributed by atoms with Gasteiger partial charge in [0.25, 0.3) is 0 Å². The highest BCUT2D eigenvalue weighted by Crippen LogP contribution is 2.21. The molecule has 0 radical (unpaired) electrons. The molecular formula is C37H68N2O4. The maximum atomic E-state index is 12.1. The number of nitrogens with one attached hydrogen (secondary N) is 2. The summed E-state index contributed by atoms with van der Waals surface area (Å²) in [6.07, 6.45) is 40.0. The number of aliphatic hydroxyl groups excluding tert-OH is 2. The molecule has 1 rings (SSSR count). The van der Waals surface area contributed by atoms with Gasteiger partial charge in [-0.1, -0.05) is 141 Å². The molecule has 0 saturated heterocycles. The van der Waals surface area contributed by atoms with Crippen LogP contribution in [0.3, 0.4) is 0 Å². The van der Waals surface area contributed by atoms with Crippen LogP contribution in [0.2, 0.25) is 0 Å². The third-order valence-corrected chi connectivity index (χ3v) is 8.54. The molecule has 0 heterocycles. The van der Waals surface area contributed by atoms with Gasteiger partial charge in [-0.3, -0.25) is 9.59 Å². The highest BCUT2D eigenvalue weighted by Gasteiger charge is 2.38. The smallest absolute Gasteiger partial charge is 0.243 e. The quantitative estimate of drug-likeness (QED) is 0.0456. The van der Waals surface area contributed by atoms with E-state index in [4.69, 9.17) is 10.2 Å². The van der Waals surface area contributed by atoms with Crippen LogP contribution in [-0.4, -0.2) is 47.3 Å². The van der Waals surface area contributed by atoms with Crippen LogP contribution in [0, 0.1) is 0 Å². The molecule has 250 valence electrons. The van der Waals surface area contributed by atoms with E-state index >= 15 is 0 Å². The Labute approximate surface area is 265 Å². The molecule has 6 heteroatoms. The van der Waals surface area contributed by atoms with Gasteiger partial charge in [0.15, 0.2) is 0 Å². The number of hydrogen-bond acceptors (Lipinski definition) is 4. The highest BCUT2D eigenvalue weighted by atomic mass is 16.3. The Morgan fingerprint density at radius 2 is 0.698 bits per heavy atom. The van der Waals surface area contributed by atoms with Crippen LogP contribution in [-0.2, 0) is 9.59 Å². The summed E-state index contributed by atoms with van der Waals surface area (Å²) >= 11 is 0. The number of rotatable bonds is 32. The second-order valence-corrected chi connectivity index (χ2v) is 12.8. The van der Waals surface area contributed by atoms with E-state index in [0.29, 0.717) is 13.2 Å². The Kier molecular flexibility index (Phi) is 27.8. The summed E-state index contributed by atoms with van der Waals surface area (Å²) in [6.45, 7) is 0.667. The van der Waals surface area contributed by atoms with Gasteiger partial charge in [-0.05, 0) is 57.1 Å². The van der Waals surface area contributed by atoms with Crippen LogP contribution in [0.5, 0.6) is 0 Å². The first-order valence-corrected chi connectivity index (χ1v) is 18.3. The zero-order valence-electron chi connectivity index (χ0n) is 27.7.